The van der Waals surface area contributed by atoms with Gasteiger partial charge >= 0.3 is 0 Å². The SMILES string of the molecule is C=C(CC)CC(C)(C)CC(=C)CC. The summed E-state index contributed by atoms with van der Waals surface area (Å²) < 4.78 is 0. The summed E-state index contributed by atoms with van der Waals surface area (Å²) in [6, 6.07) is 0. The Morgan fingerprint density at radius 3 is 1.46 bits per heavy atom. The van der Waals surface area contributed by atoms with Gasteiger partial charge in [-0.15, -0.1) is 0 Å². The lowest BCUT2D eigenvalue weighted by atomic mass is 9.79. The molecule has 0 amide bonds. The molecule has 0 aromatic rings. The van der Waals surface area contributed by atoms with Crippen molar-refractivity contribution < 1.29 is 0 Å². The number of allylic oxidation sites excluding steroid dienone is 2. The fourth-order valence-electron chi connectivity index (χ4n) is 1.67. The second-order valence-electron chi connectivity index (χ2n) is 4.72. The highest BCUT2D eigenvalue weighted by molar-refractivity contribution is 5.03. The van der Waals surface area contributed by atoms with Gasteiger partial charge in [0.05, 0.1) is 0 Å². The first kappa shape index (κ1) is 12.5. The van der Waals surface area contributed by atoms with Crippen LogP contribution in [0.25, 0.3) is 0 Å². The van der Waals surface area contributed by atoms with Crippen molar-refractivity contribution in [3.8, 4) is 0 Å². The maximum Gasteiger partial charge on any atom is -0.0268 e. The molecule has 0 atom stereocenters. The Morgan fingerprint density at radius 1 is 0.923 bits per heavy atom. The first-order valence-corrected chi connectivity index (χ1v) is 5.24. The summed E-state index contributed by atoms with van der Waals surface area (Å²) in [5, 5.41) is 0. The van der Waals surface area contributed by atoms with Crippen molar-refractivity contribution in [3.63, 3.8) is 0 Å². The van der Waals surface area contributed by atoms with Crippen LogP contribution in [0.15, 0.2) is 24.3 Å². The molecule has 76 valence electrons. The molecule has 13 heavy (non-hydrogen) atoms. The molecule has 0 nitrogen and oxygen atoms in total. The predicted molar refractivity (Wildman–Crippen MR) is 61.9 cm³/mol. The van der Waals surface area contributed by atoms with E-state index in [9.17, 15) is 0 Å². The van der Waals surface area contributed by atoms with Gasteiger partial charge in [-0.05, 0) is 31.1 Å². The summed E-state index contributed by atoms with van der Waals surface area (Å²) in [5.74, 6) is 0. The molecule has 0 saturated heterocycles. The summed E-state index contributed by atoms with van der Waals surface area (Å²) in [7, 11) is 0. The van der Waals surface area contributed by atoms with Crippen LogP contribution in [0.1, 0.15) is 53.4 Å². The van der Waals surface area contributed by atoms with Crippen LogP contribution in [0.2, 0.25) is 0 Å². The van der Waals surface area contributed by atoms with Gasteiger partial charge in [-0.2, -0.15) is 0 Å². The van der Waals surface area contributed by atoms with Gasteiger partial charge in [-0.25, -0.2) is 0 Å². The van der Waals surface area contributed by atoms with Gasteiger partial charge in [0.15, 0.2) is 0 Å². The van der Waals surface area contributed by atoms with Crippen LogP contribution < -0.4 is 0 Å². The highest BCUT2D eigenvalue weighted by atomic mass is 14.2. The van der Waals surface area contributed by atoms with Gasteiger partial charge in [-0.1, -0.05) is 52.0 Å². The Hall–Kier alpha value is -0.520. The number of rotatable bonds is 6. The zero-order chi connectivity index (χ0) is 10.5. The van der Waals surface area contributed by atoms with E-state index < -0.39 is 0 Å². The maximum atomic E-state index is 4.06. The first-order valence-electron chi connectivity index (χ1n) is 5.24. The second kappa shape index (κ2) is 5.26. The molecule has 0 N–H and O–H groups in total. The van der Waals surface area contributed by atoms with Crippen molar-refractivity contribution in [2.75, 3.05) is 0 Å². The molecule has 0 spiro atoms. The van der Waals surface area contributed by atoms with E-state index in [4.69, 9.17) is 0 Å². The number of hydrogen-bond acceptors (Lipinski definition) is 0. The van der Waals surface area contributed by atoms with E-state index in [1.165, 1.54) is 11.1 Å². The van der Waals surface area contributed by atoms with Crippen LogP contribution in [0.3, 0.4) is 0 Å². The third-order valence-corrected chi connectivity index (χ3v) is 2.46. The van der Waals surface area contributed by atoms with Crippen molar-refractivity contribution in [3.05, 3.63) is 24.3 Å². The van der Waals surface area contributed by atoms with E-state index in [-0.39, 0.29) is 0 Å². The highest BCUT2D eigenvalue weighted by Gasteiger charge is 2.18. The predicted octanol–water partition coefficient (Wildman–Crippen LogP) is 4.73. The zero-order valence-corrected chi connectivity index (χ0v) is 9.74. The van der Waals surface area contributed by atoms with Crippen LogP contribution in [0.5, 0.6) is 0 Å². The smallest absolute Gasteiger partial charge is 0.0268 e. The molecule has 0 heterocycles. The monoisotopic (exact) mass is 180 g/mol. The average molecular weight is 180 g/mol. The first-order chi connectivity index (χ1) is 5.91. The van der Waals surface area contributed by atoms with E-state index in [2.05, 4.69) is 40.9 Å². The Bertz CT molecular complexity index is 164. The van der Waals surface area contributed by atoms with Crippen LogP contribution in [-0.4, -0.2) is 0 Å². The summed E-state index contributed by atoms with van der Waals surface area (Å²) in [6.07, 6.45) is 4.45. The molecule has 0 heteroatoms. The minimum Gasteiger partial charge on any atom is -0.0999 e. The Kier molecular flexibility index (Phi) is 5.05. The van der Waals surface area contributed by atoms with Crippen LogP contribution >= 0.6 is 0 Å². The summed E-state index contributed by atoms with van der Waals surface area (Å²) in [6.45, 7) is 17.1. The molecule has 0 bridgehead atoms. The van der Waals surface area contributed by atoms with Crippen LogP contribution in [0.4, 0.5) is 0 Å². The van der Waals surface area contributed by atoms with Crippen LogP contribution in [0, 0.1) is 5.41 Å². The Balaban J connectivity index is 4.07. The van der Waals surface area contributed by atoms with E-state index in [1.807, 2.05) is 0 Å². The molecule has 0 fully saturated rings. The molecule has 0 saturated carbocycles. The molecule has 0 aliphatic heterocycles. The maximum absolute atomic E-state index is 4.06. The molecule has 0 aliphatic carbocycles. The lowest BCUT2D eigenvalue weighted by Gasteiger charge is -2.26. The quantitative estimate of drug-likeness (QED) is 0.519. The second-order valence-corrected chi connectivity index (χ2v) is 4.72. The van der Waals surface area contributed by atoms with Crippen molar-refractivity contribution >= 4 is 0 Å². The molecule has 0 radical (unpaired) electrons. The lowest BCUT2D eigenvalue weighted by molar-refractivity contribution is 0.353. The largest absolute Gasteiger partial charge is 0.0999 e. The fourth-order valence-corrected chi connectivity index (χ4v) is 1.67. The average Bonchev–Trinajstić information content (AvgIpc) is 2.02. The molecule has 0 aromatic heterocycles. The highest BCUT2D eigenvalue weighted by Crippen LogP contribution is 2.32. The Morgan fingerprint density at radius 2 is 1.23 bits per heavy atom. The molecule has 0 rings (SSSR count). The topological polar surface area (TPSA) is 0 Å². The van der Waals surface area contributed by atoms with Crippen LogP contribution in [-0.2, 0) is 0 Å². The van der Waals surface area contributed by atoms with Gasteiger partial charge in [0.25, 0.3) is 0 Å². The van der Waals surface area contributed by atoms with Gasteiger partial charge in [0, 0.05) is 0 Å². The third kappa shape index (κ3) is 5.68. The third-order valence-electron chi connectivity index (χ3n) is 2.46. The summed E-state index contributed by atoms with van der Waals surface area (Å²) in [4.78, 5) is 0. The minimum absolute atomic E-state index is 0.347. The van der Waals surface area contributed by atoms with Gasteiger partial charge in [-0.3, -0.25) is 0 Å². The van der Waals surface area contributed by atoms with Gasteiger partial charge < -0.3 is 0 Å². The Labute approximate surface area is 83.7 Å². The molecular formula is C13H24. The van der Waals surface area contributed by atoms with E-state index in [0.717, 1.165) is 25.7 Å². The molecule has 0 aromatic carbocycles. The molecule has 0 unspecified atom stereocenters. The summed E-state index contributed by atoms with van der Waals surface area (Å²) in [5.41, 5.74) is 3.06. The molecular weight excluding hydrogens is 156 g/mol. The minimum atomic E-state index is 0.347. The summed E-state index contributed by atoms with van der Waals surface area (Å²) >= 11 is 0. The zero-order valence-electron chi connectivity index (χ0n) is 9.74. The van der Waals surface area contributed by atoms with E-state index in [1.54, 1.807) is 0 Å². The van der Waals surface area contributed by atoms with E-state index >= 15 is 0 Å². The van der Waals surface area contributed by atoms with Crippen molar-refractivity contribution in [2.45, 2.75) is 53.4 Å². The van der Waals surface area contributed by atoms with E-state index in [0.29, 0.717) is 5.41 Å². The van der Waals surface area contributed by atoms with Crippen molar-refractivity contribution in [1.29, 1.82) is 0 Å². The lowest BCUT2D eigenvalue weighted by Crippen LogP contribution is -2.12. The number of hydrogen-bond donors (Lipinski definition) is 0. The molecule has 0 aliphatic rings. The van der Waals surface area contributed by atoms with Gasteiger partial charge in [0.1, 0.15) is 0 Å². The van der Waals surface area contributed by atoms with Crippen molar-refractivity contribution in [2.24, 2.45) is 5.41 Å². The van der Waals surface area contributed by atoms with Gasteiger partial charge in [0.2, 0.25) is 0 Å². The standard InChI is InChI=1S/C13H24/c1-7-11(3)9-13(5,6)10-12(4)8-2/h3-4,7-10H2,1-2,5-6H3. The van der Waals surface area contributed by atoms with Crippen molar-refractivity contribution in [1.82, 2.24) is 0 Å². The normalized spacial score (nSPS) is 11.4. The fraction of sp³-hybridized carbons (Fsp3) is 0.692.